The number of nitrogens with zero attached hydrogens (tertiary/aromatic N) is 1. The zero-order chi connectivity index (χ0) is 11.9. The normalized spacial score (nSPS) is 12.8. The highest BCUT2D eigenvalue weighted by atomic mass is 32.1. The lowest BCUT2D eigenvalue weighted by atomic mass is 10.1. The van der Waals surface area contributed by atoms with E-state index in [2.05, 4.69) is 22.4 Å². The summed E-state index contributed by atoms with van der Waals surface area (Å²) < 4.78 is 5.13. The zero-order valence-corrected chi connectivity index (χ0v) is 10.3. The summed E-state index contributed by atoms with van der Waals surface area (Å²) in [5, 5.41) is 2.26. The molecule has 0 amide bonds. The van der Waals surface area contributed by atoms with Gasteiger partial charge in [-0.05, 0) is 45.8 Å². The summed E-state index contributed by atoms with van der Waals surface area (Å²) in [5.41, 5.74) is 5.16. The van der Waals surface area contributed by atoms with E-state index in [-0.39, 0.29) is 5.97 Å². The van der Waals surface area contributed by atoms with E-state index < -0.39 is 11.6 Å². The van der Waals surface area contributed by atoms with E-state index in [1.54, 1.807) is 0 Å². The van der Waals surface area contributed by atoms with Gasteiger partial charge in [-0.3, -0.25) is 4.79 Å². The third-order valence-corrected chi connectivity index (χ3v) is 1.69. The Morgan fingerprint density at radius 2 is 2.20 bits per heavy atom. The van der Waals surface area contributed by atoms with Gasteiger partial charge in [-0.1, -0.05) is 0 Å². The highest BCUT2D eigenvalue weighted by Crippen LogP contribution is 2.09. The third kappa shape index (κ3) is 8.24. The molecule has 86 valence electrons. The van der Waals surface area contributed by atoms with E-state index in [4.69, 9.17) is 10.5 Å². The Bertz CT molecular complexity index is 255. The van der Waals surface area contributed by atoms with Crippen LogP contribution < -0.4 is 5.73 Å². The van der Waals surface area contributed by atoms with Gasteiger partial charge in [0, 0.05) is 6.54 Å². The van der Waals surface area contributed by atoms with E-state index in [0.717, 1.165) is 0 Å². The molecule has 1 atom stereocenters. The van der Waals surface area contributed by atoms with Gasteiger partial charge in [0.05, 0.1) is 5.16 Å². The maximum absolute atomic E-state index is 11.4. The standard InChI is InChI=1S/C10H18N2O2S/c1-10(2,3)14-9(13)8(11)5-4-6-12-7-15/h8H,4-6,11H2,1-3H3/t8-/m0/s1. The molecule has 0 unspecified atom stereocenters. The lowest BCUT2D eigenvalue weighted by Gasteiger charge is -2.21. The molecule has 0 aromatic rings. The number of nitrogens with two attached hydrogens (primary N) is 1. The maximum atomic E-state index is 11.4. The van der Waals surface area contributed by atoms with Crippen LogP contribution in [0.4, 0.5) is 0 Å². The second-order valence-electron chi connectivity index (χ2n) is 4.26. The Labute approximate surface area is 95.9 Å². The van der Waals surface area contributed by atoms with Crippen molar-refractivity contribution in [2.45, 2.75) is 45.3 Å². The molecule has 0 saturated heterocycles. The van der Waals surface area contributed by atoms with Crippen molar-refractivity contribution in [2.75, 3.05) is 6.54 Å². The molecule has 0 aliphatic rings. The number of carbonyl (C=O) groups is 1. The predicted octanol–water partition coefficient (Wildman–Crippen LogP) is 1.54. The number of rotatable bonds is 5. The molecule has 0 aromatic heterocycles. The van der Waals surface area contributed by atoms with Crippen molar-refractivity contribution >= 4 is 23.3 Å². The van der Waals surface area contributed by atoms with Crippen LogP contribution in [0.2, 0.25) is 0 Å². The molecule has 0 aromatic carbocycles. The van der Waals surface area contributed by atoms with Crippen LogP contribution in [0.15, 0.2) is 4.99 Å². The molecule has 0 aliphatic carbocycles. The van der Waals surface area contributed by atoms with E-state index >= 15 is 0 Å². The summed E-state index contributed by atoms with van der Waals surface area (Å²) in [6.45, 7) is 6.00. The minimum absolute atomic E-state index is 0.367. The maximum Gasteiger partial charge on any atom is 0.323 e. The Kier molecular flexibility index (Phi) is 6.32. The summed E-state index contributed by atoms with van der Waals surface area (Å²) >= 11 is 4.41. The van der Waals surface area contributed by atoms with Gasteiger partial charge in [0.1, 0.15) is 11.6 Å². The molecule has 0 bridgehead atoms. The summed E-state index contributed by atoms with van der Waals surface area (Å²) in [7, 11) is 0. The fourth-order valence-electron chi connectivity index (χ4n) is 0.931. The van der Waals surface area contributed by atoms with Crippen LogP contribution in [0.1, 0.15) is 33.6 Å². The average Bonchev–Trinajstić information content (AvgIpc) is 2.09. The zero-order valence-electron chi connectivity index (χ0n) is 9.45. The monoisotopic (exact) mass is 230 g/mol. The molecule has 0 radical (unpaired) electrons. The van der Waals surface area contributed by atoms with E-state index in [1.807, 2.05) is 20.8 Å². The number of thiocarbonyl (C=S) groups is 1. The van der Waals surface area contributed by atoms with Crippen molar-refractivity contribution in [3.63, 3.8) is 0 Å². The Hall–Kier alpha value is -0.770. The fourth-order valence-corrected chi connectivity index (χ4v) is 1.02. The second-order valence-corrected chi connectivity index (χ2v) is 4.44. The molecule has 5 heteroatoms. The number of ether oxygens (including phenoxy) is 1. The quantitative estimate of drug-likeness (QED) is 0.337. The molecule has 15 heavy (non-hydrogen) atoms. The molecular formula is C10H18N2O2S. The van der Waals surface area contributed by atoms with Crippen LogP contribution in [-0.4, -0.2) is 29.3 Å². The van der Waals surface area contributed by atoms with Crippen LogP contribution >= 0.6 is 12.2 Å². The molecule has 0 rings (SSSR count). The average molecular weight is 230 g/mol. The van der Waals surface area contributed by atoms with Crippen LogP contribution in [0, 0.1) is 0 Å². The number of isothiocyanates is 1. The number of hydrogen-bond acceptors (Lipinski definition) is 5. The second kappa shape index (κ2) is 6.67. The van der Waals surface area contributed by atoms with Crippen molar-refractivity contribution < 1.29 is 9.53 Å². The van der Waals surface area contributed by atoms with Crippen molar-refractivity contribution in [2.24, 2.45) is 10.7 Å². The number of carbonyl (C=O) groups excluding carboxylic acids is 1. The molecule has 2 N–H and O–H groups in total. The first-order chi connectivity index (χ1) is 6.87. The topological polar surface area (TPSA) is 64.7 Å². The summed E-state index contributed by atoms with van der Waals surface area (Å²) in [5.74, 6) is -0.367. The fraction of sp³-hybridized carbons (Fsp3) is 0.800. The van der Waals surface area contributed by atoms with Gasteiger partial charge in [-0.25, -0.2) is 4.99 Å². The summed E-state index contributed by atoms with van der Waals surface area (Å²) in [4.78, 5) is 15.1. The molecule has 0 fully saturated rings. The number of esters is 1. The lowest BCUT2D eigenvalue weighted by Crippen LogP contribution is -2.37. The Balaban J connectivity index is 3.84. The Morgan fingerprint density at radius 3 is 2.67 bits per heavy atom. The molecule has 0 saturated carbocycles. The van der Waals surface area contributed by atoms with Gasteiger partial charge in [0.25, 0.3) is 0 Å². The van der Waals surface area contributed by atoms with Crippen molar-refractivity contribution in [3.05, 3.63) is 0 Å². The highest BCUT2D eigenvalue weighted by molar-refractivity contribution is 7.78. The largest absolute Gasteiger partial charge is 0.459 e. The summed E-state index contributed by atoms with van der Waals surface area (Å²) in [6.07, 6.45) is 1.26. The molecule has 0 heterocycles. The van der Waals surface area contributed by atoms with Crippen molar-refractivity contribution in [3.8, 4) is 0 Å². The predicted molar refractivity (Wildman–Crippen MR) is 62.9 cm³/mol. The number of hydrogen-bond donors (Lipinski definition) is 1. The van der Waals surface area contributed by atoms with Gasteiger partial charge in [0.15, 0.2) is 0 Å². The van der Waals surface area contributed by atoms with E-state index in [9.17, 15) is 4.79 Å². The van der Waals surface area contributed by atoms with Gasteiger partial charge in [0.2, 0.25) is 0 Å². The van der Waals surface area contributed by atoms with Crippen LogP contribution in [0.5, 0.6) is 0 Å². The van der Waals surface area contributed by atoms with Crippen LogP contribution in [0.3, 0.4) is 0 Å². The minimum Gasteiger partial charge on any atom is -0.459 e. The van der Waals surface area contributed by atoms with Crippen molar-refractivity contribution in [1.29, 1.82) is 0 Å². The van der Waals surface area contributed by atoms with Gasteiger partial charge < -0.3 is 10.5 Å². The third-order valence-electron chi connectivity index (χ3n) is 1.56. The van der Waals surface area contributed by atoms with E-state index in [1.165, 1.54) is 0 Å². The Morgan fingerprint density at radius 1 is 1.60 bits per heavy atom. The minimum atomic E-state index is -0.579. The van der Waals surface area contributed by atoms with Crippen LogP contribution in [-0.2, 0) is 9.53 Å². The SMILES string of the molecule is CC(C)(C)OC(=O)[C@@H](N)CCCN=C=S. The van der Waals surface area contributed by atoms with Crippen molar-refractivity contribution in [1.82, 2.24) is 0 Å². The molecule has 0 spiro atoms. The first-order valence-electron chi connectivity index (χ1n) is 4.89. The first kappa shape index (κ1) is 14.2. The summed E-state index contributed by atoms with van der Waals surface area (Å²) in [6, 6.07) is -0.579. The van der Waals surface area contributed by atoms with Gasteiger partial charge in [-0.15, -0.1) is 0 Å². The lowest BCUT2D eigenvalue weighted by molar-refractivity contribution is -0.156. The van der Waals surface area contributed by atoms with Crippen LogP contribution in [0.25, 0.3) is 0 Å². The van der Waals surface area contributed by atoms with Gasteiger partial charge in [-0.2, -0.15) is 0 Å². The number of aliphatic imine (C=N–C) groups is 1. The van der Waals surface area contributed by atoms with Gasteiger partial charge >= 0.3 is 5.97 Å². The smallest absolute Gasteiger partial charge is 0.323 e. The molecular weight excluding hydrogens is 212 g/mol. The first-order valence-corrected chi connectivity index (χ1v) is 5.29. The highest BCUT2D eigenvalue weighted by Gasteiger charge is 2.21. The molecule has 4 nitrogen and oxygen atoms in total. The molecule has 0 aliphatic heterocycles. The van der Waals surface area contributed by atoms with E-state index in [0.29, 0.717) is 19.4 Å².